The molecule has 0 spiro atoms. The smallest absolute Gasteiger partial charge is 0.246 e. The third kappa shape index (κ3) is 2.85. The normalized spacial score (nSPS) is 15.2. The molecule has 1 fully saturated rings. The molecule has 1 saturated heterocycles. The third-order valence-electron chi connectivity index (χ3n) is 2.37. The number of amides is 2. The van der Waals surface area contributed by atoms with E-state index in [1.807, 2.05) is 0 Å². The summed E-state index contributed by atoms with van der Waals surface area (Å²) in [4.78, 5) is 38.0. The number of carbonyl (C=O) groups excluding carboxylic acids is 2. The van der Waals surface area contributed by atoms with Gasteiger partial charge in [0.05, 0.1) is 0 Å². The lowest BCUT2D eigenvalue weighted by Crippen LogP contribution is -2.52. The highest BCUT2D eigenvalue weighted by atomic mass is 16.2. The van der Waals surface area contributed by atoms with Crippen LogP contribution in [-0.4, -0.2) is 54.0 Å². The Morgan fingerprint density at radius 3 is 2.37 bits per heavy atom. The van der Waals surface area contributed by atoms with Crippen molar-refractivity contribution in [3.8, 4) is 0 Å². The molecule has 0 aromatic carbocycles. The molecule has 2 heterocycles. The van der Waals surface area contributed by atoms with E-state index in [1.54, 1.807) is 19.0 Å². The third-order valence-corrected chi connectivity index (χ3v) is 2.37. The zero-order valence-electron chi connectivity index (χ0n) is 10.5. The van der Waals surface area contributed by atoms with Gasteiger partial charge in [0.15, 0.2) is 0 Å². The molecule has 1 aliphatic heterocycles. The molecule has 0 atom stereocenters. The molecule has 2 rings (SSSR count). The topological polar surface area (TPSA) is 129 Å². The SMILES string of the molecule is CN(C)c1nc(NN)nc(N2CC(=O)NC(=O)C2)n1. The number of nitrogen functional groups attached to an aromatic ring is 1. The number of hydrogen-bond donors (Lipinski definition) is 3. The minimum Gasteiger partial charge on any atom is -0.347 e. The second-order valence-electron chi connectivity index (χ2n) is 4.13. The molecular weight excluding hydrogens is 252 g/mol. The monoisotopic (exact) mass is 266 g/mol. The van der Waals surface area contributed by atoms with Gasteiger partial charge in [0.2, 0.25) is 29.7 Å². The molecule has 1 aromatic rings. The van der Waals surface area contributed by atoms with E-state index >= 15 is 0 Å². The van der Waals surface area contributed by atoms with Gasteiger partial charge in [0, 0.05) is 14.1 Å². The van der Waals surface area contributed by atoms with E-state index < -0.39 is 11.8 Å². The number of nitrogens with zero attached hydrogens (tertiary/aromatic N) is 5. The van der Waals surface area contributed by atoms with Crippen LogP contribution in [0.4, 0.5) is 17.8 Å². The summed E-state index contributed by atoms with van der Waals surface area (Å²) in [5, 5.41) is 2.20. The van der Waals surface area contributed by atoms with Crippen molar-refractivity contribution < 1.29 is 9.59 Å². The molecule has 102 valence electrons. The number of carbonyl (C=O) groups is 2. The summed E-state index contributed by atoms with van der Waals surface area (Å²) in [5.74, 6) is 5.24. The lowest BCUT2D eigenvalue weighted by molar-refractivity contribution is -0.130. The molecular formula is C9H14N8O2. The summed E-state index contributed by atoms with van der Waals surface area (Å²) in [6, 6.07) is 0. The number of imide groups is 1. The average molecular weight is 266 g/mol. The first kappa shape index (κ1) is 13.0. The number of piperazine rings is 1. The second kappa shape index (κ2) is 5.02. The highest BCUT2D eigenvalue weighted by Crippen LogP contribution is 2.15. The predicted molar refractivity (Wildman–Crippen MR) is 67.3 cm³/mol. The van der Waals surface area contributed by atoms with E-state index in [9.17, 15) is 9.59 Å². The van der Waals surface area contributed by atoms with Crippen LogP contribution in [0, 0.1) is 0 Å². The van der Waals surface area contributed by atoms with Crippen LogP contribution in [-0.2, 0) is 9.59 Å². The maximum atomic E-state index is 11.3. The fraction of sp³-hybridized carbons (Fsp3) is 0.444. The molecule has 19 heavy (non-hydrogen) atoms. The van der Waals surface area contributed by atoms with Crippen molar-refractivity contribution in [3.63, 3.8) is 0 Å². The number of nitrogens with two attached hydrogens (primary N) is 1. The molecule has 0 bridgehead atoms. The lowest BCUT2D eigenvalue weighted by atomic mass is 10.3. The Labute approximate surface area is 109 Å². The van der Waals surface area contributed by atoms with Gasteiger partial charge in [0.25, 0.3) is 0 Å². The van der Waals surface area contributed by atoms with Crippen molar-refractivity contribution in [2.24, 2.45) is 5.84 Å². The highest BCUT2D eigenvalue weighted by Gasteiger charge is 2.25. The van der Waals surface area contributed by atoms with Crippen molar-refractivity contribution in [1.82, 2.24) is 20.3 Å². The van der Waals surface area contributed by atoms with Crippen LogP contribution in [0.25, 0.3) is 0 Å². The fourth-order valence-electron chi connectivity index (χ4n) is 1.54. The summed E-state index contributed by atoms with van der Waals surface area (Å²) in [5.41, 5.74) is 2.32. The molecule has 4 N–H and O–H groups in total. The fourth-order valence-corrected chi connectivity index (χ4v) is 1.54. The Kier molecular flexibility index (Phi) is 3.42. The molecule has 0 aliphatic carbocycles. The first-order chi connectivity index (χ1) is 8.99. The molecule has 0 radical (unpaired) electrons. The molecule has 1 aliphatic rings. The number of aromatic nitrogens is 3. The van der Waals surface area contributed by atoms with Gasteiger partial charge in [-0.25, -0.2) is 5.84 Å². The van der Waals surface area contributed by atoms with E-state index in [0.717, 1.165) is 0 Å². The Bertz CT molecular complexity index is 501. The van der Waals surface area contributed by atoms with E-state index in [4.69, 9.17) is 5.84 Å². The quantitative estimate of drug-likeness (QED) is 0.314. The Morgan fingerprint density at radius 2 is 1.84 bits per heavy atom. The maximum absolute atomic E-state index is 11.3. The highest BCUT2D eigenvalue weighted by molar-refractivity contribution is 6.02. The van der Waals surface area contributed by atoms with Gasteiger partial charge in [-0.15, -0.1) is 0 Å². The first-order valence-electron chi connectivity index (χ1n) is 5.47. The van der Waals surface area contributed by atoms with Crippen molar-refractivity contribution in [2.75, 3.05) is 42.4 Å². The number of rotatable bonds is 3. The van der Waals surface area contributed by atoms with Gasteiger partial charge in [-0.2, -0.15) is 15.0 Å². The number of hydrazine groups is 1. The van der Waals surface area contributed by atoms with Gasteiger partial charge in [0.1, 0.15) is 13.1 Å². The minimum absolute atomic E-state index is 0.00658. The van der Waals surface area contributed by atoms with Crippen LogP contribution in [0.1, 0.15) is 0 Å². The van der Waals surface area contributed by atoms with Crippen LogP contribution in [0.2, 0.25) is 0 Å². The minimum atomic E-state index is -0.398. The second-order valence-corrected chi connectivity index (χ2v) is 4.13. The van der Waals surface area contributed by atoms with Crippen LogP contribution in [0.15, 0.2) is 0 Å². The summed E-state index contributed by atoms with van der Waals surface area (Å²) in [7, 11) is 3.51. The molecule has 10 heteroatoms. The number of nitrogens with one attached hydrogen (secondary N) is 2. The van der Waals surface area contributed by atoms with Crippen LogP contribution >= 0.6 is 0 Å². The summed E-state index contributed by atoms with van der Waals surface area (Å²) >= 11 is 0. The molecule has 10 nitrogen and oxygen atoms in total. The van der Waals surface area contributed by atoms with E-state index in [0.29, 0.717) is 5.95 Å². The average Bonchev–Trinajstić information content (AvgIpc) is 2.37. The van der Waals surface area contributed by atoms with Crippen molar-refractivity contribution in [2.45, 2.75) is 0 Å². The van der Waals surface area contributed by atoms with Gasteiger partial charge in [-0.3, -0.25) is 20.3 Å². The van der Waals surface area contributed by atoms with E-state index in [1.165, 1.54) is 4.90 Å². The lowest BCUT2D eigenvalue weighted by Gasteiger charge is -2.26. The van der Waals surface area contributed by atoms with Crippen LogP contribution in [0.5, 0.6) is 0 Å². The van der Waals surface area contributed by atoms with Crippen molar-refractivity contribution >= 4 is 29.7 Å². The number of anilines is 3. The van der Waals surface area contributed by atoms with Gasteiger partial charge in [-0.05, 0) is 0 Å². The van der Waals surface area contributed by atoms with Crippen molar-refractivity contribution in [1.29, 1.82) is 0 Å². The van der Waals surface area contributed by atoms with Gasteiger partial charge in [-0.1, -0.05) is 0 Å². The Hall–Kier alpha value is -2.49. The van der Waals surface area contributed by atoms with Gasteiger partial charge >= 0.3 is 0 Å². The van der Waals surface area contributed by atoms with Crippen LogP contribution < -0.4 is 26.4 Å². The number of hydrogen-bond acceptors (Lipinski definition) is 9. The van der Waals surface area contributed by atoms with Crippen LogP contribution in [0.3, 0.4) is 0 Å². The first-order valence-corrected chi connectivity index (χ1v) is 5.47. The van der Waals surface area contributed by atoms with Gasteiger partial charge < -0.3 is 9.80 Å². The maximum Gasteiger partial charge on any atom is 0.246 e. The largest absolute Gasteiger partial charge is 0.347 e. The summed E-state index contributed by atoms with van der Waals surface area (Å²) < 4.78 is 0. The molecule has 2 amide bonds. The van der Waals surface area contributed by atoms with E-state index in [-0.39, 0.29) is 25.0 Å². The van der Waals surface area contributed by atoms with Crippen molar-refractivity contribution in [3.05, 3.63) is 0 Å². The zero-order valence-corrected chi connectivity index (χ0v) is 10.5. The van der Waals surface area contributed by atoms with E-state index in [2.05, 4.69) is 25.7 Å². The Balaban J connectivity index is 2.35. The summed E-state index contributed by atoms with van der Waals surface area (Å²) in [6.45, 7) is 0.0132. The predicted octanol–water partition coefficient (Wildman–Crippen LogP) is -2.31. The zero-order chi connectivity index (χ0) is 14.0. The Morgan fingerprint density at radius 1 is 1.21 bits per heavy atom. The molecule has 1 aromatic heterocycles. The summed E-state index contributed by atoms with van der Waals surface area (Å²) in [6.07, 6.45) is 0. The standard InChI is InChI=1S/C9H14N8O2/c1-16(2)8-12-7(15-10)13-9(14-8)17-3-5(18)11-6(19)4-17/h3-4,10H2,1-2H3,(H,11,18,19)(H,12,13,14,15). The molecule has 0 saturated carbocycles. The molecule has 0 unspecified atom stereocenters.